The molecule has 1 aliphatic heterocycles. The predicted octanol–water partition coefficient (Wildman–Crippen LogP) is 3.35. The molecule has 0 saturated heterocycles. The first-order valence-corrected chi connectivity index (χ1v) is 11.5. The molecular formula is C26H26N6O2. The van der Waals surface area contributed by atoms with Gasteiger partial charge in [-0.2, -0.15) is 0 Å². The van der Waals surface area contributed by atoms with Gasteiger partial charge in [0.25, 0.3) is 0 Å². The van der Waals surface area contributed by atoms with Crippen LogP contribution in [0.25, 0.3) is 10.9 Å². The van der Waals surface area contributed by atoms with Gasteiger partial charge >= 0.3 is 0 Å². The zero-order valence-electron chi connectivity index (χ0n) is 19.3. The van der Waals surface area contributed by atoms with Gasteiger partial charge in [0.2, 0.25) is 5.91 Å². The standard InChI is InChI=1S/C26H26N6O2/c1-16-11-21(16)26(33)30-23-13-22-19(15-29-25(27-2)24(22)32-31-23)4-6-20-5-3-18(14-28-20)12-17-7-9-34-10-8-17/h3,5,7,13-16,21H,8-12H2,1-2H3,(H,27,29)(H,30,31,33)/t16-,21+/m1/s1. The van der Waals surface area contributed by atoms with E-state index in [0.29, 0.717) is 40.9 Å². The number of amides is 1. The first kappa shape index (κ1) is 22.0. The summed E-state index contributed by atoms with van der Waals surface area (Å²) < 4.78 is 5.37. The second-order valence-electron chi connectivity index (χ2n) is 8.74. The fraction of sp³-hybridized carbons (Fsp3) is 0.346. The lowest BCUT2D eigenvalue weighted by Gasteiger charge is -2.13. The number of hydrogen-bond acceptors (Lipinski definition) is 7. The Hall–Kier alpha value is -3.83. The molecule has 2 aliphatic rings. The molecule has 0 spiro atoms. The van der Waals surface area contributed by atoms with Crippen LogP contribution in [-0.4, -0.2) is 46.3 Å². The predicted molar refractivity (Wildman–Crippen MR) is 130 cm³/mol. The Morgan fingerprint density at radius 2 is 2.09 bits per heavy atom. The molecule has 8 heteroatoms. The highest BCUT2D eigenvalue weighted by molar-refractivity contribution is 5.97. The number of hydrogen-bond donors (Lipinski definition) is 2. The van der Waals surface area contributed by atoms with Crippen LogP contribution in [0.15, 0.2) is 42.2 Å². The second kappa shape index (κ2) is 9.57. The number of rotatable bonds is 5. The molecule has 0 aromatic carbocycles. The number of pyridine rings is 2. The van der Waals surface area contributed by atoms with E-state index in [2.05, 4.69) is 61.7 Å². The molecule has 2 atom stereocenters. The van der Waals surface area contributed by atoms with Crippen molar-refractivity contribution in [1.29, 1.82) is 0 Å². The molecule has 1 fully saturated rings. The summed E-state index contributed by atoms with van der Waals surface area (Å²) in [5.41, 5.74) is 4.50. The van der Waals surface area contributed by atoms with Crippen molar-refractivity contribution in [2.24, 2.45) is 11.8 Å². The van der Waals surface area contributed by atoms with E-state index in [9.17, 15) is 4.79 Å². The van der Waals surface area contributed by atoms with E-state index in [1.54, 1.807) is 19.3 Å². The van der Waals surface area contributed by atoms with Gasteiger partial charge in [0.15, 0.2) is 11.6 Å². The summed E-state index contributed by atoms with van der Waals surface area (Å²) in [6, 6.07) is 5.80. The van der Waals surface area contributed by atoms with Crippen molar-refractivity contribution in [3.8, 4) is 11.8 Å². The SMILES string of the molecule is CNc1ncc(C#Cc2ccc(CC3=CCOCC3)cn2)c2cc(NC(=O)[C@H]3C[C@H]3C)nnc12. The molecule has 0 bridgehead atoms. The molecule has 0 radical (unpaired) electrons. The van der Waals surface area contributed by atoms with E-state index < -0.39 is 0 Å². The monoisotopic (exact) mass is 454 g/mol. The number of nitrogens with one attached hydrogen (secondary N) is 2. The topological polar surface area (TPSA) is 102 Å². The van der Waals surface area contributed by atoms with E-state index in [4.69, 9.17) is 4.74 Å². The number of fused-ring (bicyclic) bond motifs is 1. The summed E-state index contributed by atoms with van der Waals surface area (Å²) in [4.78, 5) is 21.3. The van der Waals surface area contributed by atoms with Crippen LogP contribution < -0.4 is 10.6 Å². The summed E-state index contributed by atoms with van der Waals surface area (Å²) >= 11 is 0. The molecule has 3 aromatic heterocycles. The highest BCUT2D eigenvalue weighted by Gasteiger charge is 2.39. The van der Waals surface area contributed by atoms with E-state index >= 15 is 0 Å². The lowest BCUT2D eigenvalue weighted by atomic mass is 10.0. The molecule has 5 rings (SSSR count). The van der Waals surface area contributed by atoms with Crippen molar-refractivity contribution in [2.75, 3.05) is 30.9 Å². The number of aromatic nitrogens is 4. The van der Waals surface area contributed by atoms with Gasteiger partial charge < -0.3 is 15.4 Å². The number of nitrogens with zero attached hydrogens (tertiary/aromatic N) is 4. The van der Waals surface area contributed by atoms with Crippen molar-refractivity contribution in [3.63, 3.8) is 0 Å². The quantitative estimate of drug-likeness (QED) is 0.450. The number of anilines is 2. The largest absolute Gasteiger partial charge is 0.377 e. The van der Waals surface area contributed by atoms with Crippen LogP contribution in [0.4, 0.5) is 11.6 Å². The third kappa shape index (κ3) is 4.90. The van der Waals surface area contributed by atoms with Gasteiger partial charge in [-0.25, -0.2) is 9.97 Å². The minimum Gasteiger partial charge on any atom is -0.377 e. The van der Waals surface area contributed by atoms with Gasteiger partial charge in [0.05, 0.1) is 18.8 Å². The Morgan fingerprint density at radius 1 is 1.21 bits per heavy atom. The molecule has 1 amide bonds. The van der Waals surface area contributed by atoms with E-state index in [1.807, 2.05) is 12.3 Å². The third-order valence-electron chi connectivity index (χ3n) is 6.20. The van der Waals surface area contributed by atoms with E-state index in [-0.39, 0.29) is 11.8 Å². The van der Waals surface area contributed by atoms with Crippen molar-refractivity contribution in [2.45, 2.75) is 26.2 Å². The first-order valence-electron chi connectivity index (χ1n) is 11.5. The van der Waals surface area contributed by atoms with Crippen LogP contribution in [0.3, 0.4) is 0 Å². The molecule has 2 N–H and O–H groups in total. The molecule has 8 nitrogen and oxygen atoms in total. The van der Waals surface area contributed by atoms with Crippen LogP contribution in [0.5, 0.6) is 0 Å². The van der Waals surface area contributed by atoms with Gasteiger partial charge in [-0.15, -0.1) is 10.2 Å². The van der Waals surface area contributed by atoms with Crippen LogP contribution >= 0.6 is 0 Å². The smallest absolute Gasteiger partial charge is 0.228 e. The maximum absolute atomic E-state index is 12.3. The summed E-state index contributed by atoms with van der Waals surface area (Å²) in [5, 5.41) is 15.1. The summed E-state index contributed by atoms with van der Waals surface area (Å²) in [5.74, 6) is 7.77. The van der Waals surface area contributed by atoms with E-state index in [1.165, 1.54) is 5.57 Å². The lowest BCUT2D eigenvalue weighted by Crippen LogP contribution is -2.16. The normalized spacial score (nSPS) is 19.1. The molecule has 1 saturated carbocycles. The van der Waals surface area contributed by atoms with Crippen LogP contribution in [0, 0.1) is 23.7 Å². The van der Waals surface area contributed by atoms with Crippen molar-refractivity contribution in [1.82, 2.24) is 20.2 Å². The van der Waals surface area contributed by atoms with Crippen LogP contribution in [0.2, 0.25) is 0 Å². The Bertz CT molecular complexity index is 1320. The molecule has 1 aliphatic carbocycles. The average Bonchev–Trinajstić information content (AvgIpc) is 3.60. The molecule has 34 heavy (non-hydrogen) atoms. The van der Waals surface area contributed by atoms with Gasteiger partial charge in [-0.1, -0.05) is 30.6 Å². The van der Waals surface area contributed by atoms with Gasteiger partial charge in [-0.3, -0.25) is 4.79 Å². The highest BCUT2D eigenvalue weighted by Crippen LogP contribution is 2.38. The van der Waals surface area contributed by atoms with Gasteiger partial charge in [0, 0.05) is 30.7 Å². The molecular weight excluding hydrogens is 428 g/mol. The Labute approximate surface area is 198 Å². The van der Waals surface area contributed by atoms with Crippen molar-refractivity contribution in [3.05, 3.63) is 59.1 Å². The van der Waals surface area contributed by atoms with Crippen molar-refractivity contribution >= 4 is 28.4 Å². The van der Waals surface area contributed by atoms with Crippen LogP contribution in [-0.2, 0) is 16.0 Å². The Kier molecular flexibility index (Phi) is 6.19. The average molecular weight is 455 g/mol. The first-order chi connectivity index (χ1) is 16.6. The van der Waals surface area contributed by atoms with Gasteiger partial charge in [-0.05, 0) is 48.8 Å². The molecule has 0 unspecified atom stereocenters. The van der Waals surface area contributed by atoms with Crippen LogP contribution in [0.1, 0.15) is 36.6 Å². The molecule has 3 aromatic rings. The Morgan fingerprint density at radius 3 is 2.79 bits per heavy atom. The fourth-order valence-electron chi connectivity index (χ4n) is 4.00. The third-order valence-corrected chi connectivity index (χ3v) is 6.20. The zero-order valence-corrected chi connectivity index (χ0v) is 19.3. The lowest BCUT2D eigenvalue weighted by molar-refractivity contribution is -0.117. The minimum atomic E-state index is -0.0162. The fourth-order valence-corrected chi connectivity index (χ4v) is 4.00. The maximum atomic E-state index is 12.3. The number of ether oxygens (including phenoxy) is 1. The van der Waals surface area contributed by atoms with E-state index in [0.717, 1.165) is 36.8 Å². The van der Waals surface area contributed by atoms with Gasteiger partial charge in [0.1, 0.15) is 11.2 Å². The molecule has 172 valence electrons. The number of carbonyl (C=O) groups is 1. The number of carbonyl (C=O) groups excluding carboxylic acids is 1. The maximum Gasteiger partial charge on any atom is 0.228 e. The summed E-state index contributed by atoms with van der Waals surface area (Å²) in [6.07, 6.45) is 8.48. The minimum absolute atomic E-state index is 0.0162. The zero-order chi connectivity index (χ0) is 23.5. The summed E-state index contributed by atoms with van der Waals surface area (Å²) in [7, 11) is 1.78. The van der Waals surface area contributed by atoms with Crippen molar-refractivity contribution < 1.29 is 9.53 Å². The summed E-state index contributed by atoms with van der Waals surface area (Å²) in [6.45, 7) is 3.54. The highest BCUT2D eigenvalue weighted by atomic mass is 16.5. The molecule has 4 heterocycles. The Balaban J connectivity index is 1.39. The second-order valence-corrected chi connectivity index (χ2v) is 8.74.